The summed E-state index contributed by atoms with van der Waals surface area (Å²) in [5.41, 5.74) is 0.507. The van der Waals surface area contributed by atoms with Gasteiger partial charge in [-0.1, -0.05) is 0 Å². The van der Waals surface area contributed by atoms with Gasteiger partial charge in [-0.15, -0.1) is 0 Å². The molecular formula is C11H12O5. The molecule has 1 rings (SSSR count). The van der Waals surface area contributed by atoms with Gasteiger partial charge in [0.25, 0.3) is 0 Å². The maximum atomic E-state index is 10.8. The first kappa shape index (κ1) is 12.2. The molecule has 1 aromatic rings. The van der Waals surface area contributed by atoms with Gasteiger partial charge in [0.2, 0.25) is 0 Å². The molecule has 5 nitrogen and oxygen atoms in total. The highest BCUT2D eigenvalue weighted by Crippen LogP contribution is 2.12. The first-order valence-electron chi connectivity index (χ1n) is 4.76. The van der Waals surface area contributed by atoms with Crippen molar-refractivity contribution < 1.29 is 24.9 Å². The molecule has 0 fully saturated rings. The molecule has 0 amide bonds. The van der Waals surface area contributed by atoms with Crippen LogP contribution >= 0.6 is 0 Å². The minimum atomic E-state index is -1.16. The molecule has 0 saturated heterocycles. The summed E-state index contributed by atoms with van der Waals surface area (Å²) >= 11 is 0. The molecule has 0 heterocycles. The maximum absolute atomic E-state index is 10.8. The van der Waals surface area contributed by atoms with E-state index in [0.717, 1.165) is 6.07 Å². The summed E-state index contributed by atoms with van der Waals surface area (Å²) in [6.45, 7) is -0.0142. The number of benzene rings is 1. The number of aryl methyl sites for hydroxylation is 1. The molecule has 0 radical (unpaired) electrons. The van der Waals surface area contributed by atoms with Crippen molar-refractivity contribution in [3.05, 3.63) is 34.9 Å². The van der Waals surface area contributed by atoms with Crippen molar-refractivity contribution in [2.75, 3.05) is 6.61 Å². The number of aliphatic hydroxyl groups excluding tert-OH is 1. The minimum Gasteiger partial charge on any atom is -0.478 e. The van der Waals surface area contributed by atoms with E-state index in [9.17, 15) is 9.59 Å². The Morgan fingerprint density at radius 3 is 1.88 bits per heavy atom. The molecule has 0 aromatic heterocycles. The van der Waals surface area contributed by atoms with E-state index in [0.29, 0.717) is 18.4 Å². The Balaban J connectivity index is 3.08. The number of hydrogen-bond donors (Lipinski definition) is 3. The van der Waals surface area contributed by atoms with Gasteiger partial charge < -0.3 is 15.3 Å². The van der Waals surface area contributed by atoms with E-state index in [-0.39, 0.29) is 17.7 Å². The number of rotatable bonds is 5. The van der Waals surface area contributed by atoms with Gasteiger partial charge in [-0.3, -0.25) is 0 Å². The third kappa shape index (κ3) is 3.06. The van der Waals surface area contributed by atoms with E-state index in [4.69, 9.17) is 15.3 Å². The van der Waals surface area contributed by atoms with Crippen molar-refractivity contribution in [1.29, 1.82) is 0 Å². The lowest BCUT2D eigenvalue weighted by atomic mass is 10.0. The van der Waals surface area contributed by atoms with Crippen LogP contribution in [-0.4, -0.2) is 33.9 Å². The molecular weight excluding hydrogens is 212 g/mol. The van der Waals surface area contributed by atoms with Crippen LogP contribution in [0.2, 0.25) is 0 Å². The number of hydrogen-bond acceptors (Lipinski definition) is 3. The molecule has 0 aliphatic carbocycles. The topological polar surface area (TPSA) is 94.8 Å². The van der Waals surface area contributed by atoms with Gasteiger partial charge in [0.05, 0.1) is 11.1 Å². The fourth-order valence-corrected chi connectivity index (χ4v) is 1.37. The van der Waals surface area contributed by atoms with Crippen LogP contribution < -0.4 is 0 Å². The van der Waals surface area contributed by atoms with Gasteiger partial charge >= 0.3 is 11.9 Å². The highest BCUT2D eigenvalue weighted by molar-refractivity contribution is 5.94. The molecule has 0 saturated carbocycles. The summed E-state index contributed by atoms with van der Waals surface area (Å²) in [6, 6.07) is 3.96. The Kier molecular flexibility index (Phi) is 4.02. The summed E-state index contributed by atoms with van der Waals surface area (Å²) in [4.78, 5) is 21.5. The average molecular weight is 224 g/mol. The number of aliphatic hydroxyl groups is 1. The van der Waals surface area contributed by atoms with Gasteiger partial charge in [0, 0.05) is 6.61 Å². The number of carboxylic acid groups (broad SMARTS) is 2. The Morgan fingerprint density at radius 2 is 1.50 bits per heavy atom. The van der Waals surface area contributed by atoms with E-state index >= 15 is 0 Å². The van der Waals surface area contributed by atoms with E-state index in [1.54, 1.807) is 0 Å². The van der Waals surface area contributed by atoms with Gasteiger partial charge in [-0.2, -0.15) is 0 Å². The van der Waals surface area contributed by atoms with Crippen LogP contribution in [-0.2, 0) is 6.42 Å². The highest BCUT2D eigenvalue weighted by atomic mass is 16.4. The maximum Gasteiger partial charge on any atom is 0.335 e. The molecule has 0 aliphatic heterocycles. The smallest absolute Gasteiger partial charge is 0.335 e. The standard InChI is InChI=1S/C11H12O5/c12-3-1-2-7-4-8(10(13)14)6-9(5-7)11(15)16/h4-6,12H,1-3H2,(H,13,14)(H,15,16). The summed E-state index contributed by atoms with van der Waals surface area (Å²) in [5.74, 6) is -2.32. The second-order valence-corrected chi connectivity index (χ2v) is 3.36. The predicted molar refractivity (Wildman–Crippen MR) is 55.8 cm³/mol. The summed E-state index contributed by atoms with van der Waals surface area (Å²) in [6.07, 6.45) is 0.931. The van der Waals surface area contributed by atoms with Crippen molar-refractivity contribution in [1.82, 2.24) is 0 Å². The second kappa shape index (κ2) is 5.27. The molecule has 1 aromatic carbocycles. The van der Waals surface area contributed by atoms with Crippen LogP contribution in [0.25, 0.3) is 0 Å². The largest absolute Gasteiger partial charge is 0.478 e. The van der Waals surface area contributed by atoms with Crippen LogP contribution in [0.3, 0.4) is 0 Å². The quantitative estimate of drug-likeness (QED) is 0.693. The Morgan fingerprint density at radius 1 is 1.00 bits per heavy atom. The van der Waals surface area contributed by atoms with E-state index in [1.807, 2.05) is 0 Å². The van der Waals surface area contributed by atoms with Gasteiger partial charge in [0.1, 0.15) is 0 Å². The summed E-state index contributed by atoms with van der Waals surface area (Å²) in [5, 5.41) is 26.2. The fourth-order valence-electron chi connectivity index (χ4n) is 1.37. The van der Waals surface area contributed by atoms with Crippen LogP contribution in [0, 0.1) is 0 Å². The lowest BCUT2D eigenvalue weighted by Gasteiger charge is -2.04. The molecule has 0 bridgehead atoms. The zero-order valence-corrected chi connectivity index (χ0v) is 8.51. The Labute approximate surface area is 92.0 Å². The normalized spacial score (nSPS) is 10.1. The number of aromatic carboxylic acids is 2. The van der Waals surface area contributed by atoms with Crippen molar-refractivity contribution in [3.8, 4) is 0 Å². The van der Waals surface area contributed by atoms with E-state index in [1.165, 1.54) is 12.1 Å². The molecule has 0 aliphatic rings. The molecule has 0 atom stereocenters. The Hall–Kier alpha value is -1.88. The van der Waals surface area contributed by atoms with Crippen molar-refractivity contribution in [2.45, 2.75) is 12.8 Å². The summed E-state index contributed by atoms with van der Waals surface area (Å²) < 4.78 is 0. The first-order valence-corrected chi connectivity index (χ1v) is 4.76. The molecule has 0 spiro atoms. The third-order valence-electron chi connectivity index (χ3n) is 2.11. The van der Waals surface area contributed by atoms with E-state index in [2.05, 4.69) is 0 Å². The van der Waals surface area contributed by atoms with E-state index < -0.39 is 11.9 Å². The molecule has 3 N–H and O–H groups in total. The summed E-state index contributed by atoms with van der Waals surface area (Å²) in [7, 11) is 0. The van der Waals surface area contributed by atoms with Gasteiger partial charge in [-0.25, -0.2) is 9.59 Å². The number of carboxylic acids is 2. The minimum absolute atomic E-state index is 0.0142. The zero-order valence-electron chi connectivity index (χ0n) is 8.51. The van der Waals surface area contributed by atoms with Gasteiger partial charge in [0.15, 0.2) is 0 Å². The second-order valence-electron chi connectivity index (χ2n) is 3.36. The monoisotopic (exact) mass is 224 g/mol. The average Bonchev–Trinajstić information content (AvgIpc) is 2.25. The number of carbonyl (C=O) groups is 2. The molecule has 5 heteroatoms. The lowest BCUT2D eigenvalue weighted by Crippen LogP contribution is -2.04. The van der Waals surface area contributed by atoms with Crippen LogP contribution in [0.15, 0.2) is 18.2 Å². The lowest BCUT2D eigenvalue weighted by molar-refractivity contribution is 0.0696. The fraction of sp³-hybridized carbons (Fsp3) is 0.273. The molecule has 86 valence electrons. The van der Waals surface area contributed by atoms with Crippen LogP contribution in [0.4, 0.5) is 0 Å². The predicted octanol–water partition coefficient (Wildman–Crippen LogP) is 1.01. The van der Waals surface area contributed by atoms with Crippen molar-refractivity contribution >= 4 is 11.9 Å². The Bertz CT molecular complexity index is 379. The van der Waals surface area contributed by atoms with Crippen LogP contribution in [0.1, 0.15) is 32.7 Å². The van der Waals surface area contributed by atoms with Crippen molar-refractivity contribution in [2.24, 2.45) is 0 Å². The van der Waals surface area contributed by atoms with Crippen LogP contribution in [0.5, 0.6) is 0 Å². The first-order chi connectivity index (χ1) is 7.54. The zero-order chi connectivity index (χ0) is 12.1. The van der Waals surface area contributed by atoms with Gasteiger partial charge in [-0.05, 0) is 36.6 Å². The molecule has 16 heavy (non-hydrogen) atoms. The SMILES string of the molecule is O=C(O)c1cc(CCCO)cc(C(=O)O)c1. The molecule has 0 unspecified atom stereocenters. The third-order valence-corrected chi connectivity index (χ3v) is 2.11. The van der Waals surface area contributed by atoms with Crippen molar-refractivity contribution in [3.63, 3.8) is 0 Å². The highest BCUT2D eigenvalue weighted by Gasteiger charge is 2.10.